The second kappa shape index (κ2) is 4.14. The average molecular weight is 191 g/mol. The third-order valence-corrected chi connectivity index (χ3v) is 2.54. The van der Waals surface area contributed by atoms with Crippen molar-refractivity contribution in [3.63, 3.8) is 0 Å². The van der Waals surface area contributed by atoms with Gasteiger partial charge in [0.1, 0.15) is 6.26 Å². The number of hydrogen-bond donors (Lipinski definition) is 0. The molecule has 2 rings (SSSR count). The summed E-state index contributed by atoms with van der Waals surface area (Å²) in [6, 6.07) is 10.3. The maximum atomic E-state index is 5.11. The van der Waals surface area contributed by atoms with Gasteiger partial charge in [-0.15, -0.1) is 0 Å². The molecule has 3 heteroatoms. The van der Waals surface area contributed by atoms with E-state index in [0.29, 0.717) is 0 Å². The Bertz CT molecular complexity index is 344. The zero-order valence-electron chi connectivity index (χ0n) is 7.01. The van der Waals surface area contributed by atoms with Gasteiger partial charge in [0, 0.05) is 5.75 Å². The van der Waals surface area contributed by atoms with Crippen LogP contribution in [0.2, 0.25) is 0 Å². The van der Waals surface area contributed by atoms with Crippen LogP contribution in [0, 0.1) is 0 Å². The molecule has 0 saturated carbocycles. The van der Waals surface area contributed by atoms with Crippen LogP contribution in [-0.2, 0) is 5.75 Å². The van der Waals surface area contributed by atoms with Crippen molar-refractivity contribution in [3.8, 4) is 0 Å². The molecule has 1 aromatic carbocycles. The third-order valence-electron chi connectivity index (χ3n) is 1.61. The van der Waals surface area contributed by atoms with Crippen LogP contribution in [0.3, 0.4) is 0 Å². The van der Waals surface area contributed by atoms with E-state index in [0.717, 1.165) is 11.0 Å². The first-order valence-corrected chi connectivity index (χ1v) is 5.00. The Morgan fingerprint density at radius 1 is 1.23 bits per heavy atom. The maximum Gasteiger partial charge on any atom is 0.255 e. The van der Waals surface area contributed by atoms with E-state index in [4.69, 9.17) is 4.42 Å². The van der Waals surface area contributed by atoms with Crippen molar-refractivity contribution < 1.29 is 4.42 Å². The topological polar surface area (TPSA) is 26.0 Å². The van der Waals surface area contributed by atoms with Gasteiger partial charge in [0.05, 0.1) is 6.20 Å². The van der Waals surface area contributed by atoms with Gasteiger partial charge in [-0.25, -0.2) is 4.98 Å². The first-order valence-electron chi connectivity index (χ1n) is 4.01. The Morgan fingerprint density at radius 3 is 2.77 bits per heavy atom. The maximum absolute atomic E-state index is 5.11. The highest BCUT2D eigenvalue weighted by molar-refractivity contribution is 7.98. The lowest BCUT2D eigenvalue weighted by Gasteiger charge is -1.96. The highest BCUT2D eigenvalue weighted by atomic mass is 32.2. The largest absolute Gasteiger partial charge is 0.440 e. The third kappa shape index (κ3) is 2.36. The van der Waals surface area contributed by atoms with Gasteiger partial charge in [-0.3, -0.25) is 0 Å². The van der Waals surface area contributed by atoms with Gasteiger partial charge in [0.2, 0.25) is 0 Å². The first kappa shape index (κ1) is 8.38. The van der Waals surface area contributed by atoms with Gasteiger partial charge in [-0.05, 0) is 5.56 Å². The monoisotopic (exact) mass is 191 g/mol. The van der Waals surface area contributed by atoms with E-state index < -0.39 is 0 Å². The summed E-state index contributed by atoms with van der Waals surface area (Å²) in [5.74, 6) is 0.904. The lowest BCUT2D eigenvalue weighted by molar-refractivity contribution is 0.454. The summed E-state index contributed by atoms with van der Waals surface area (Å²) in [6.07, 6.45) is 3.25. The Labute approximate surface area is 81.0 Å². The van der Waals surface area contributed by atoms with E-state index in [1.54, 1.807) is 24.2 Å². The number of nitrogens with zero attached hydrogens (tertiary/aromatic N) is 1. The predicted octanol–water partition coefficient (Wildman–Crippen LogP) is 2.97. The molecule has 0 N–H and O–H groups in total. The van der Waals surface area contributed by atoms with Crippen LogP contribution in [0.4, 0.5) is 0 Å². The van der Waals surface area contributed by atoms with Crippen molar-refractivity contribution in [1.82, 2.24) is 4.98 Å². The van der Waals surface area contributed by atoms with E-state index in [9.17, 15) is 0 Å². The molecule has 0 spiro atoms. The van der Waals surface area contributed by atoms with Crippen molar-refractivity contribution in [1.29, 1.82) is 0 Å². The van der Waals surface area contributed by atoms with Gasteiger partial charge in [0.25, 0.3) is 5.22 Å². The summed E-state index contributed by atoms with van der Waals surface area (Å²) in [4.78, 5) is 4.03. The van der Waals surface area contributed by atoms with Gasteiger partial charge in [0.15, 0.2) is 0 Å². The van der Waals surface area contributed by atoms with Crippen LogP contribution < -0.4 is 0 Å². The molecule has 0 fully saturated rings. The summed E-state index contributed by atoms with van der Waals surface area (Å²) in [5.41, 5.74) is 1.28. The Morgan fingerprint density at radius 2 is 2.08 bits per heavy atom. The number of rotatable bonds is 3. The molecule has 0 amide bonds. The molecule has 13 heavy (non-hydrogen) atoms. The van der Waals surface area contributed by atoms with Crippen molar-refractivity contribution in [3.05, 3.63) is 48.4 Å². The van der Waals surface area contributed by atoms with Crippen molar-refractivity contribution in [2.75, 3.05) is 0 Å². The molecule has 0 bridgehead atoms. The van der Waals surface area contributed by atoms with Crippen molar-refractivity contribution in [2.45, 2.75) is 11.0 Å². The van der Waals surface area contributed by atoms with Gasteiger partial charge >= 0.3 is 0 Å². The molecule has 0 aliphatic heterocycles. The average Bonchev–Trinajstić information content (AvgIpc) is 2.69. The molecule has 1 aromatic heterocycles. The molecule has 0 unspecified atom stereocenters. The van der Waals surface area contributed by atoms with Gasteiger partial charge in [-0.1, -0.05) is 42.1 Å². The number of aromatic nitrogens is 1. The molecule has 2 nitrogen and oxygen atoms in total. The quantitative estimate of drug-likeness (QED) is 0.697. The molecule has 0 aliphatic carbocycles. The molecule has 2 aromatic rings. The number of oxazole rings is 1. The highest BCUT2D eigenvalue weighted by Crippen LogP contribution is 2.19. The van der Waals surface area contributed by atoms with E-state index in [1.165, 1.54) is 5.56 Å². The van der Waals surface area contributed by atoms with Crippen LogP contribution in [0.15, 0.2) is 52.4 Å². The SMILES string of the molecule is c1ccc(CSc2ncco2)cc1. The molecule has 0 aliphatic rings. The molecule has 0 radical (unpaired) electrons. The minimum atomic E-state index is 0.726. The Balaban J connectivity index is 1.94. The van der Waals surface area contributed by atoms with Crippen molar-refractivity contribution in [2.24, 2.45) is 0 Å². The summed E-state index contributed by atoms with van der Waals surface area (Å²) in [6.45, 7) is 0. The van der Waals surface area contributed by atoms with Crippen LogP contribution in [0.25, 0.3) is 0 Å². The number of thioether (sulfide) groups is 1. The number of benzene rings is 1. The summed E-state index contributed by atoms with van der Waals surface area (Å²) < 4.78 is 5.11. The molecular weight excluding hydrogens is 182 g/mol. The molecule has 0 saturated heterocycles. The number of hydrogen-bond acceptors (Lipinski definition) is 3. The molecular formula is C10H9NOS. The van der Waals surface area contributed by atoms with E-state index >= 15 is 0 Å². The second-order valence-corrected chi connectivity index (χ2v) is 3.50. The fourth-order valence-electron chi connectivity index (χ4n) is 1.00. The van der Waals surface area contributed by atoms with Gasteiger partial charge in [-0.2, -0.15) is 0 Å². The second-order valence-electron chi connectivity index (χ2n) is 2.57. The predicted molar refractivity (Wildman–Crippen MR) is 52.5 cm³/mol. The normalized spacial score (nSPS) is 10.2. The zero-order valence-corrected chi connectivity index (χ0v) is 7.83. The van der Waals surface area contributed by atoms with E-state index in [-0.39, 0.29) is 0 Å². The standard InChI is InChI=1S/C10H9NOS/c1-2-4-9(5-3-1)8-13-10-11-6-7-12-10/h1-7H,8H2. The zero-order chi connectivity index (χ0) is 8.93. The summed E-state index contributed by atoms with van der Waals surface area (Å²) in [7, 11) is 0. The smallest absolute Gasteiger partial charge is 0.255 e. The van der Waals surface area contributed by atoms with Crippen molar-refractivity contribution >= 4 is 11.8 Å². The fourth-order valence-corrected chi connectivity index (χ4v) is 1.74. The molecule has 66 valence electrons. The van der Waals surface area contributed by atoms with Crippen LogP contribution in [0.1, 0.15) is 5.56 Å². The Hall–Kier alpha value is -1.22. The first-order chi connectivity index (χ1) is 6.45. The lowest BCUT2D eigenvalue weighted by atomic mass is 10.2. The lowest BCUT2D eigenvalue weighted by Crippen LogP contribution is -1.78. The van der Waals surface area contributed by atoms with E-state index in [2.05, 4.69) is 17.1 Å². The van der Waals surface area contributed by atoms with Gasteiger partial charge < -0.3 is 4.42 Å². The van der Waals surface area contributed by atoms with Crippen LogP contribution in [-0.4, -0.2) is 4.98 Å². The Kier molecular flexibility index (Phi) is 2.67. The summed E-state index contributed by atoms with van der Waals surface area (Å²) in [5, 5.41) is 0.726. The minimum Gasteiger partial charge on any atom is -0.440 e. The summed E-state index contributed by atoms with van der Waals surface area (Å²) >= 11 is 1.60. The molecule has 0 atom stereocenters. The van der Waals surface area contributed by atoms with E-state index in [1.807, 2.05) is 18.2 Å². The van der Waals surface area contributed by atoms with Crippen LogP contribution >= 0.6 is 11.8 Å². The highest BCUT2D eigenvalue weighted by Gasteiger charge is 1.98. The fraction of sp³-hybridized carbons (Fsp3) is 0.100. The minimum absolute atomic E-state index is 0.726. The molecule has 1 heterocycles. The van der Waals surface area contributed by atoms with Crippen LogP contribution in [0.5, 0.6) is 0 Å².